The molecule has 2 amide bonds. The third kappa shape index (κ3) is 6.82. The maximum absolute atomic E-state index is 12.3. The first-order valence-electron chi connectivity index (χ1n) is 7.94. The van der Waals surface area contributed by atoms with Crippen molar-refractivity contribution in [3.63, 3.8) is 0 Å². The molecule has 1 heterocycles. The largest absolute Gasteiger partial charge is 0.351 e. The van der Waals surface area contributed by atoms with Crippen molar-refractivity contribution in [1.29, 1.82) is 0 Å². The molecule has 1 aromatic rings. The number of nitrogens with two attached hydrogens (primary N) is 1. The first-order chi connectivity index (χ1) is 10.8. The van der Waals surface area contributed by atoms with Gasteiger partial charge >= 0.3 is 0 Å². The lowest BCUT2D eigenvalue weighted by molar-refractivity contribution is -0.121. The average molecular weight is 391 g/mol. The van der Waals surface area contributed by atoms with Gasteiger partial charge in [-0.1, -0.05) is 32.9 Å². The van der Waals surface area contributed by atoms with E-state index in [1.165, 1.54) is 5.56 Å². The molecule has 8 heteroatoms. The Kier molecular flexibility index (Phi) is 9.43. The van der Waals surface area contributed by atoms with Gasteiger partial charge in [0.1, 0.15) is 0 Å². The number of carbonyl (C=O) groups is 2. The van der Waals surface area contributed by atoms with Crippen LogP contribution in [-0.4, -0.2) is 37.0 Å². The van der Waals surface area contributed by atoms with Crippen molar-refractivity contribution in [2.45, 2.75) is 44.7 Å². The summed E-state index contributed by atoms with van der Waals surface area (Å²) in [6, 6.07) is 7.54. The molecule has 142 valence electrons. The number of anilines is 1. The molecule has 0 radical (unpaired) electrons. The molecule has 2 atom stereocenters. The van der Waals surface area contributed by atoms with Gasteiger partial charge in [-0.2, -0.15) is 0 Å². The molecule has 2 rings (SSSR count). The molecular weight excluding hydrogens is 363 g/mol. The molecule has 1 aliphatic heterocycles. The van der Waals surface area contributed by atoms with Crippen molar-refractivity contribution in [3.8, 4) is 0 Å². The topological polar surface area (TPSA) is 96.2 Å². The third-order valence-electron chi connectivity index (χ3n) is 4.02. The van der Waals surface area contributed by atoms with Crippen molar-refractivity contribution >= 4 is 42.3 Å². The maximum Gasteiger partial charge on any atom is 0.241 e. The molecule has 1 saturated heterocycles. The fourth-order valence-corrected chi connectivity index (χ4v) is 2.61. The lowest BCUT2D eigenvalue weighted by Crippen LogP contribution is -2.39. The van der Waals surface area contributed by atoms with Crippen LogP contribution in [-0.2, 0) is 15.0 Å². The van der Waals surface area contributed by atoms with Crippen molar-refractivity contribution in [2.24, 2.45) is 5.73 Å². The molecule has 6 nitrogen and oxygen atoms in total. The fraction of sp³-hybridized carbons (Fsp3) is 0.529. The SMILES string of the molecule is CC(C)(C)c1ccc(NC(=O)[C@@H]2C[C@@H](NC(=O)CN)CN2)cc1.Cl.Cl. The number of halogens is 2. The molecule has 0 spiro atoms. The number of benzene rings is 1. The monoisotopic (exact) mass is 390 g/mol. The summed E-state index contributed by atoms with van der Waals surface area (Å²) in [4.78, 5) is 23.6. The van der Waals surface area contributed by atoms with Gasteiger partial charge in [-0.25, -0.2) is 0 Å². The fourth-order valence-electron chi connectivity index (χ4n) is 2.61. The normalized spacial score (nSPS) is 19.4. The highest BCUT2D eigenvalue weighted by Crippen LogP contribution is 2.23. The second-order valence-electron chi connectivity index (χ2n) is 6.98. The molecule has 0 aromatic heterocycles. The van der Waals surface area contributed by atoms with Gasteiger partial charge in [-0.3, -0.25) is 9.59 Å². The minimum absolute atomic E-state index is 0. The zero-order valence-electron chi connectivity index (χ0n) is 14.8. The van der Waals surface area contributed by atoms with Gasteiger partial charge in [0, 0.05) is 18.3 Å². The van der Waals surface area contributed by atoms with Crippen molar-refractivity contribution in [3.05, 3.63) is 29.8 Å². The Morgan fingerprint density at radius 3 is 2.32 bits per heavy atom. The number of nitrogens with one attached hydrogen (secondary N) is 3. The highest BCUT2D eigenvalue weighted by Gasteiger charge is 2.30. The average Bonchev–Trinajstić information content (AvgIpc) is 2.95. The van der Waals surface area contributed by atoms with Gasteiger partial charge in [0.15, 0.2) is 0 Å². The quantitative estimate of drug-likeness (QED) is 0.627. The summed E-state index contributed by atoms with van der Waals surface area (Å²) in [6.45, 7) is 7.00. The van der Waals surface area contributed by atoms with E-state index in [2.05, 4.69) is 36.7 Å². The van der Waals surface area contributed by atoms with Crippen LogP contribution in [0.1, 0.15) is 32.8 Å². The van der Waals surface area contributed by atoms with Gasteiger partial charge in [0.2, 0.25) is 11.8 Å². The smallest absolute Gasteiger partial charge is 0.241 e. The Hall–Kier alpha value is -1.34. The van der Waals surface area contributed by atoms with Crippen LogP contribution in [0, 0.1) is 0 Å². The first kappa shape index (κ1) is 23.7. The van der Waals surface area contributed by atoms with E-state index >= 15 is 0 Å². The van der Waals surface area contributed by atoms with Crippen LogP contribution in [0.5, 0.6) is 0 Å². The van der Waals surface area contributed by atoms with E-state index in [0.717, 1.165) is 5.69 Å². The van der Waals surface area contributed by atoms with E-state index in [4.69, 9.17) is 5.73 Å². The van der Waals surface area contributed by atoms with Gasteiger partial charge in [0.25, 0.3) is 0 Å². The summed E-state index contributed by atoms with van der Waals surface area (Å²) in [5.74, 6) is -0.284. The molecular formula is C17H28Cl2N4O2. The molecule has 1 fully saturated rings. The highest BCUT2D eigenvalue weighted by atomic mass is 35.5. The summed E-state index contributed by atoms with van der Waals surface area (Å²) < 4.78 is 0. The van der Waals surface area contributed by atoms with Crippen LogP contribution < -0.4 is 21.7 Å². The lowest BCUT2D eigenvalue weighted by Gasteiger charge is -2.19. The number of hydrogen-bond acceptors (Lipinski definition) is 4. The second-order valence-corrected chi connectivity index (χ2v) is 6.98. The van der Waals surface area contributed by atoms with E-state index < -0.39 is 0 Å². The number of amides is 2. The molecule has 0 aliphatic carbocycles. The summed E-state index contributed by atoms with van der Waals surface area (Å²) in [5.41, 5.74) is 7.36. The van der Waals surface area contributed by atoms with Crippen molar-refractivity contribution < 1.29 is 9.59 Å². The Bertz CT molecular complexity index is 573. The Morgan fingerprint density at radius 1 is 1.20 bits per heavy atom. The summed E-state index contributed by atoms with van der Waals surface area (Å²) in [5, 5.41) is 8.83. The van der Waals surface area contributed by atoms with E-state index in [1.807, 2.05) is 24.3 Å². The first-order valence-corrected chi connectivity index (χ1v) is 7.94. The van der Waals surface area contributed by atoms with E-state index in [9.17, 15) is 9.59 Å². The van der Waals surface area contributed by atoms with Gasteiger partial charge in [0.05, 0.1) is 12.6 Å². The number of carbonyl (C=O) groups excluding carboxylic acids is 2. The van der Waals surface area contributed by atoms with Crippen LogP contribution in [0.15, 0.2) is 24.3 Å². The van der Waals surface area contributed by atoms with E-state index in [0.29, 0.717) is 13.0 Å². The zero-order valence-corrected chi connectivity index (χ0v) is 16.4. The molecule has 0 unspecified atom stereocenters. The molecule has 5 N–H and O–H groups in total. The second kappa shape index (κ2) is 9.97. The van der Waals surface area contributed by atoms with Gasteiger partial charge < -0.3 is 21.7 Å². The minimum atomic E-state index is -0.305. The lowest BCUT2D eigenvalue weighted by atomic mass is 9.87. The molecule has 25 heavy (non-hydrogen) atoms. The predicted octanol–water partition coefficient (Wildman–Crippen LogP) is 1.57. The maximum atomic E-state index is 12.3. The molecule has 1 aliphatic rings. The van der Waals surface area contributed by atoms with Crippen molar-refractivity contribution in [2.75, 3.05) is 18.4 Å². The standard InChI is InChI=1S/C17H26N4O2.2ClH/c1-17(2,3)11-4-6-12(7-5-11)21-16(23)14-8-13(10-19-14)20-15(22)9-18;;/h4-7,13-14,19H,8-10,18H2,1-3H3,(H,20,22)(H,21,23);2*1H/t13-,14+;;/m1../s1. The molecule has 0 bridgehead atoms. The Balaban J connectivity index is 0.00000288. The highest BCUT2D eigenvalue weighted by molar-refractivity contribution is 5.95. The van der Waals surface area contributed by atoms with Crippen LogP contribution in [0.2, 0.25) is 0 Å². The van der Waals surface area contributed by atoms with Gasteiger partial charge in [-0.05, 0) is 29.5 Å². The van der Waals surface area contributed by atoms with Crippen molar-refractivity contribution in [1.82, 2.24) is 10.6 Å². The minimum Gasteiger partial charge on any atom is -0.351 e. The van der Waals surface area contributed by atoms with E-state index in [-0.39, 0.29) is 60.7 Å². The Morgan fingerprint density at radius 2 is 1.80 bits per heavy atom. The summed E-state index contributed by atoms with van der Waals surface area (Å²) in [7, 11) is 0. The molecule has 0 saturated carbocycles. The third-order valence-corrected chi connectivity index (χ3v) is 4.02. The Labute approximate surface area is 161 Å². The predicted molar refractivity (Wildman–Crippen MR) is 106 cm³/mol. The molecule has 1 aromatic carbocycles. The van der Waals surface area contributed by atoms with Crippen LogP contribution in [0.3, 0.4) is 0 Å². The van der Waals surface area contributed by atoms with Crippen LogP contribution in [0.25, 0.3) is 0 Å². The zero-order chi connectivity index (χ0) is 17.0. The van der Waals surface area contributed by atoms with E-state index in [1.54, 1.807) is 0 Å². The number of hydrogen-bond donors (Lipinski definition) is 4. The summed E-state index contributed by atoms with van der Waals surface area (Å²) in [6.07, 6.45) is 0.567. The van der Waals surface area contributed by atoms with Crippen LogP contribution in [0.4, 0.5) is 5.69 Å². The summed E-state index contributed by atoms with van der Waals surface area (Å²) >= 11 is 0. The van der Waals surface area contributed by atoms with Gasteiger partial charge in [-0.15, -0.1) is 24.8 Å². The van der Waals surface area contributed by atoms with Crippen LogP contribution >= 0.6 is 24.8 Å². The number of rotatable bonds is 4.